The first kappa shape index (κ1) is 16.8. The molecule has 1 N–H and O–H groups in total. The third-order valence-electron chi connectivity index (χ3n) is 4.35. The van der Waals surface area contributed by atoms with Crippen molar-refractivity contribution in [3.63, 3.8) is 0 Å². The number of fused-ring (bicyclic) bond motifs is 1. The summed E-state index contributed by atoms with van der Waals surface area (Å²) in [7, 11) is 3.13. The fourth-order valence-corrected chi connectivity index (χ4v) is 2.93. The van der Waals surface area contributed by atoms with Crippen LogP contribution in [0.4, 0.5) is 0 Å². The van der Waals surface area contributed by atoms with Crippen LogP contribution in [0.5, 0.6) is 11.5 Å². The minimum atomic E-state index is -0.271. The fourth-order valence-electron chi connectivity index (χ4n) is 2.93. The Balaban J connectivity index is 1.81. The molecule has 4 aromatic rings. The number of nitrogens with one attached hydrogen (secondary N) is 1. The van der Waals surface area contributed by atoms with Gasteiger partial charge in [0.1, 0.15) is 11.5 Å². The van der Waals surface area contributed by atoms with Crippen LogP contribution in [0.25, 0.3) is 33.7 Å². The van der Waals surface area contributed by atoms with E-state index in [1.807, 2.05) is 25.1 Å². The number of hydrogen-bond donors (Lipinski definition) is 1. The van der Waals surface area contributed by atoms with Crippen molar-refractivity contribution in [3.05, 3.63) is 58.4 Å². The third-order valence-corrected chi connectivity index (χ3v) is 4.35. The number of H-pyrrole nitrogens is 1. The highest BCUT2D eigenvalue weighted by Crippen LogP contribution is 2.30. The molecule has 0 aliphatic rings. The van der Waals surface area contributed by atoms with Crippen molar-refractivity contribution in [1.82, 2.24) is 15.1 Å². The lowest BCUT2D eigenvalue weighted by Crippen LogP contribution is -2.10. The second-order valence-corrected chi connectivity index (χ2v) is 6.08. The van der Waals surface area contributed by atoms with Gasteiger partial charge in [0.25, 0.3) is 11.4 Å². The van der Waals surface area contributed by atoms with E-state index in [1.165, 1.54) is 0 Å². The molecule has 0 amide bonds. The lowest BCUT2D eigenvalue weighted by atomic mass is 10.1. The number of hydrogen-bond acceptors (Lipinski definition) is 6. The van der Waals surface area contributed by atoms with E-state index in [-0.39, 0.29) is 17.3 Å². The summed E-state index contributed by atoms with van der Waals surface area (Å²) >= 11 is 0. The van der Waals surface area contributed by atoms with Gasteiger partial charge in [0, 0.05) is 11.6 Å². The van der Waals surface area contributed by atoms with Crippen LogP contribution < -0.4 is 15.0 Å². The average molecular weight is 363 g/mol. The van der Waals surface area contributed by atoms with Gasteiger partial charge in [0.15, 0.2) is 0 Å². The quantitative estimate of drug-likeness (QED) is 0.596. The summed E-state index contributed by atoms with van der Waals surface area (Å²) in [6.45, 7) is 1.95. The van der Waals surface area contributed by atoms with Crippen molar-refractivity contribution >= 4 is 10.9 Å². The van der Waals surface area contributed by atoms with Gasteiger partial charge in [0.05, 0.1) is 25.3 Å². The number of pyridine rings is 1. The van der Waals surface area contributed by atoms with Crippen molar-refractivity contribution in [1.29, 1.82) is 0 Å². The fraction of sp³-hybridized carbons (Fsp3) is 0.150. The maximum absolute atomic E-state index is 12.5. The Morgan fingerprint density at radius 1 is 1.04 bits per heavy atom. The van der Waals surface area contributed by atoms with Gasteiger partial charge in [-0.3, -0.25) is 4.79 Å². The second kappa shape index (κ2) is 6.60. The highest BCUT2D eigenvalue weighted by molar-refractivity contribution is 5.84. The molecule has 0 bridgehead atoms. The summed E-state index contributed by atoms with van der Waals surface area (Å²) in [6.07, 6.45) is 0. The Hall–Kier alpha value is -3.61. The van der Waals surface area contributed by atoms with E-state index in [2.05, 4.69) is 15.1 Å². The Morgan fingerprint density at radius 2 is 1.78 bits per heavy atom. The number of aromatic amines is 1. The molecule has 0 unspecified atom stereocenters. The minimum absolute atomic E-state index is 0.219. The van der Waals surface area contributed by atoms with Crippen LogP contribution in [0.2, 0.25) is 0 Å². The Morgan fingerprint density at radius 3 is 2.48 bits per heavy atom. The van der Waals surface area contributed by atoms with Crippen LogP contribution in [0.15, 0.2) is 51.8 Å². The van der Waals surface area contributed by atoms with E-state index in [0.29, 0.717) is 22.6 Å². The first-order valence-corrected chi connectivity index (χ1v) is 8.29. The van der Waals surface area contributed by atoms with E-state index < -0.39 is 0 Å². The minimum Gasteiger partial charge on any atom is -0.497 e. The van der Waals surface area contributed by atoms with Gasteiger partial charge in [0.2, 0.25) is 5.82 Å². The smallest absolute Gasteiger partial charge is 0.259 e. The molecule has 0 fully saturated rings. The van der Waals surface area contributed by atoms with Crippen LogP contribution in [0.1, 0.15) is 5.56 Å². The average Bonchev–Trinajstić information content (AvgIpc) is 3.18. The first-order valence-electron chi connectivity index (χ1n) is 8.29. The number of rotatable bonds is 4. The number of methoxy groups -OCH3 is 2. The zero-order valence-corrected chi connectivity index (χ0v) is 15.1. The molecule has 27 heavy (non-hydrogen) atoms. The van der Waals surface area contributed by atoms with E-state index in [4.69, 9.17) is 14.0 Å². The summed E-state index contributed by atoms with van der Waals surface area (Å²) in [5, 5.41) is 4.88. The van der Waals surface area contributed by atoms with E-state index in [9.17, 15) is 4.79 Å². The molecule has 2 aromatic heterocycles. The predicted molar refractivity (Wildman–Crippen MR) is 101 cm³/mol. The largest absolute Gasteiger partial charge is 0.497 e. The molecule has 0 radical (unpaired) electrons. The highest BCUT2D eigenvalue weighted by Gasteiger charge is 2.16. The zero-order chi connectivity index (χ0) is 19.0. The monoisotopic (exact) mass is 363 g/mol. The van der Waals surface area contributed by atoms with E-state index in [1.54, 1.807) is 38.5 Å². The molecule has 0 aliphatic carbocycles. The molecule has 0 spiro atoms. The standard InChI is InChI=1S/C20H17N3O4/c1-11-5-4-6-12-9-16(19(24)21-17(11)12)18-22-20(27-23-18)13-7-14(25-2)10-15(8-13)26-3/h4-10H,1-3H3,(H,21,24). The van der Waals surface area contributed by atoms with Crippen molar-refractivity contribution in [2.75, 3.05) is 14.2 Å². The molecule has 7 nitrogen and oxygen atoms in total. The third kappa shape index (κ3) is 3.03. The van der Waals surface area contributed by atoms with Gasteiger partial charge < -0.3 is 19.0 Å². The molecule has 2 heterocycles. The second-order valence-electron chi connectivity index (χ2n) is 6.08. The Kier molecular flexibility index (Phi) is 4.12. The Bertz CT molecular complexity index is 1170. The van der Waals surface area contributed by atoms with Crippen LogP contribution in [0, 0.1) is 6.92 Å². The van der Waals surface area contributed by atoms with Crippen LogP contribution in [0.3, 0.4) is 0 Å². The molecule has 136 valence electrons. The molecular formula is C20H17N3O4. The Labute approximate surface area is 154 Å². The van der Waals surface area contributed by atoms with Gasteiger partial charge in [-0.15, -0.1) is 0 Å². The SMILES string of the molecule is COc1cc(OC)cc(-c2nc(-c3cc4cccc(C)c4[nH]c3=O)no2)c1. The lowest BCUT2D eigenvalue weighted by Gasteiger charge is -2.05. The van der Waals surface area contributed by atoms with Gasteiger partial charge in [-0.05, 0) is 36.1 Å². The van der Waals surface area contributed by atoms with Crippen LogP contribution >= 0.6 is 0 Å². The number of ether oxygens (including phenoxy) is 2. The first-order chi connectivity index (χ1) is 13.1. The summed E-state index contributed by atoms with van der Waals surface area (Å²) < 4.78 is 15.9. The number of benzene rings is 2. The van der Waals surface area contributed by atoms with Gasteiger partial charge in [-0.2, -0.15) is 4.98 Å². The zero-order valence-electron chi connectivity index (χ0n) is 15.1. The van der Waals surface area contributed by atoms with Gasteiger partial charge in [-0.25, -0.2) is 0 Å². The van der Waals surface area contributed by atoms with Crippen LogP contribution in [-0.4, -0.2) is 29.3 Å². The molecule has 0 aliphatic heterocycles. The van der Waals surface area contributed by atoms with Crippen LogP contribution in [-0.2, 0) is 0 Å². The van der Waals surface area contributed by atoms with Gasteiger partial charge >= 0.3 is 0 Å². The number of para-hydroxylation sites is 1. The molecule has 7 heteroatoms. The molecule has 0 saturated heterocycles. The topological polar surface area (TPSA) is 90.2 Å². The maximum Gasteiger partial charge on any atom is 0.259 e. The molecule has 0 atom stereocenters. The highest BCUT2D eigenvalue weighted by atomic mass is 16.5. The predicted octanol–water partition coefficient (Wildman–Crippen LogP) is 3.57. The summed E-state index contributed by atoms with van der Waals surface area (Å²) in [5.74, 6) is 1.69. The number of nitrogens with zero attached hydrogens (tertiary/aromatic N) is 2. The summed E-state index contributed by atoms with van der Waals surface area (Å²) in [5.41, 5.74) is 2.50. The van der Waals surface area contributed by atoms with E-state index >= 15 is 0 Å². The summed E-state index contributed by atoms with van der Waals surface area (Å²) in [4.78, 5) is 19.8. The summed E-state index contributed by atoms with van der Waals surface area (Å²) in [6, 6.07) is 12.8. The lowest BCUT2D eigenvalue weighted by molar-refractivity contribution is 0.393. The van der Waals surface area contributed by atoms with Gasteiger partial charge in [-0.1, -0.05) is 23.4 Å². The number of aryl methyl sites for hydroxylation is 1. The number of aromatic nitrogens is 3. The normalized spacial score (nSPS) is 10.9. The maximum atomic E-state index is 12.5. The van der Waals surface area contributed by atoms with Crippen molar-refractivity contribution in [3.8, 4) is 34.3 Å². The molecular weight excluding hydrogens is 346 g/mol. The van der Waals surface area contributed by atoms with Crippen molar-refractivity contribution < 1.29 is 14.0 Å². The van der Waals surface area contributed by atoms with Crippen molar-refractivity contribution in [2.24, 2.45) is 0 Å². The molecule has 0 saturated carbocycles. The van der Waals surface area contributed by atoms with Crippen molar-refractivity contribution in [2.45, 2.75) is 6.92 Å². The molecule has 4 rings (SSSR count). The molecule has 2 aromatic carbocycles. The van der Waals surface area contributed by atoms with E-state index in [0.717, 1.165) is 16.5 Å².